The van der Waals surface area contributed by atoms with E-state index in [-0.39, 0.29) is 9.79 Å². The van der Waals surface area contributed by atoms with E-state index in [1.807, 2.05) is 0 Å². The lowest BCUT2D eigenvalue weighted by atomic mass is 10.0. The van der Waals surface area contributed by atoms with Gasteiger partial charge in [0.1, 0.15) is 11.5 Å². The fourth-order valence-corrected chi connectivity index (χ4v) is 5.60. The van der Waals surface area contributed by atoms with Crippen molar-refractivity contribution in [3.8, 4) is 11.5 Å². The summed E-state index contributed by atoms with van der Waals surface area (Å²) in [4.78, 5) is -0.378. The van der Waals surface area contributed by atoms with E-state index in [9.17, 15) is 21.4 Å². The van der Waals surface area contributed by atoms with Gasteiger partial charge in [0.15, 0.2) is 0 Å². The van der Waals surface area contributed by atoms with Crippen LogP contribution in [0.5, 0.6) is 11.5 Å². The highest BCUT2D eigenvalue weighted by Gasteiger charge is 2.17. The molecule has 0 atom stereocenters. The number of rotatable bonds is 19. The summed E-state index contributed by atoms with van der Waals surface area (Å²) in [6, 6.07) is 9.56. The minimum absolute atomic E-state index is 0.128. The molecular weight excluding hydrogens is 512 g/mol. The summed E-state index contributed by atoms with van der Waals surface area (Å²) in [6.45, 7) is 2.24. The Bertz CT molecular complexity index is 1140. The summed E-state index contributed by atoms with van der Waals surface area (Å²) < 4.78 is 70.5. The van der Waals surface area contributed by atoms with Crippen LogP contribution in [0.4, 0.5) is 0 Å². The van der Waals surface area contributed by atoms with Crippen LogP contribution in [0.3, 0.4) is 0 Å². The fourth-order valence-electron chi connectivity index (χ4n) is 4.39. The van der Waals surface area contributed by atoms with E-state index >= 15 is 0 Å². The molecule has 0 saturated heterocycles. The van der Waals surface area contributed by atoms with Crippen molar-refractivity contribution in [2.75, 3.05) is 0 Å². The Hall–Kier alpha value is -1.94. The average molecular weight is 555 g/mol. The minimum atomic E-state index is -4.36. The lowest BCUT2D eigenvalue weighted by molar-refractivity contribution is 0.474. The van der Waals surface area contributed by atoms with Gasteiger partial charge in [0, 0.05) is 0 Å². The van der Waals surface area contributed by atoms with Crippen LogP contribution in [-0.4, -0.2) is 25.9 Å². The Kier molecular flexibility index (Phi) is 13.6. The van der Waals surface area contributed by atoms with Crippen LogP contribution in [-0.2, 0) is 26.7 Å². The van der Waals surface area contributed by atoms with E-state index in [2.05, 4.69) is 6.92 Å². The summed E-state index contributed by atoms with van der Waals surface area (Å²) >= 11 is 0. The standard InChI is InChI=1S/C28H42O7S2/c1-2-3-4-5-6-7-8-9-10-11-12-13-14-15-16-24-23-26(19-22-28(24)37(32,33)34)35-25-17-20-27(21-18-25)36(29,30)31/h17-23H,2-16H2,1H3,(H,29,30,31)(H,32,33,34). The number of unbranched alkanes of at least 4 members (excludes halogenated alkanes) is 13. The second-order valence-corrected chi connectivity index (χ2v) is 12.5. The van der Waals surface area contributed by atoms with Crippen LogP contribution in [0.25, 0.3) is 0 Å². The molecule has 7 nitrogen and oxygen atoms in total. The minimum Gasteiger partial charge on any atom is -0.457 e. The second kappa shape index (κ2) is 16.1. The van der Waals surface area contributed by atoms with Gasteiger partial charge in [-0.25, -0.2) is 0 Å². The van der Waals surface area contributed by atoms with Gasteiger partial charge in [-0.3, -0.25) is 9.11 Å². The third kappa shape index (κ3) is 12.4. The van der Waals surface area contributed by atoms with E-state index in [1.165, 1.54) is 107 Å². The molecule has 0 radical (unpaired) electrons. The summed E-state index contributed by atoms with van der Waals surface area (Å²) in [5, 5.41) is 0. The summed E-state index contributed by atoms with van der Waals surface area (Å²) in [5.74, 6) is 0.696. The van der Waals surface area contributed by atoms with Gasteiger partial charge in [0.2, 0.25) is 0 Å². The molecule has 9 heteroatoms. The van der Waals surface area contributed by atoms with Crippen molar-refractivity contribution >= 4 is 20.2 Å². The van der Waals surface area contributed by atoms with Crippen molar-refractivity contribution < 1.29 is 30.7 Å². The molecule has 0 aliphatic heterocycles. The molecule has 208 valence electrons. The van der Waals surface area contributed by atoms with E-state index in [0.29, 0.717) is 23.5 Å². The molecule has 0 fully saturated rings. The highest BCUT2D eigenvalue weighted by Crippen LogP contribution is 2.28. The van der Waals surface area contributed by atoms with E-state index in [4.69, 9.17) is 9.29 Å². The molecule has 0 bridgehead atoms. The predicted molar refractivity (Wildman–Crippen MR) is 147 cm³/mol. The highest BCUT2D eigenvalue weighted by atomic mass is 32.2. The lowest BCUT2D eigenvalue weighted by Crippen LogP contribution is -2.04. The van der Waals surface area contributed by atoms with Crippen LogP contribution in [0, 0.1) is 0 Å². The molecular formula is C28H42O7S2. The van der Waals surface area contributed by atoms with Crippen LogP contribution in [0.1, 0.15) is 102 Å². The first-order chi connectivity index (χ1) is 17.6. The summed E-state index contributed by atoms with van der Waals surface area (Å²) in [5.41, 5.74) is 0.480. The summed E-state index contributed by atoms with van der Waals surface area (Å²) in [6.07, 6.45) is 17.7. The molecule has 2 N–H and O–H groups in total. The lowest BCUT2D eigenvalue weighted by Gasteiger charge is -2.11. The zero-order valence-corrected chi connectivity index (χ0v) is 23.5. The number of ether oxygens (including phenoxy) is 1. The zero-order chi connectivity index (χ0) is 27.2. The smallest absolute Gasteiger partial charge is 0.294 e. The van der Waals surface area contributed by atoms with Crippen molar-refractivity contribution in [2.45, 2.75) is 113 Å². The molecule has 0 aromatic heterocycles. The molecule has 37 heavy (non-hydrogen) atoms. The Morgan fingerprint density at radius 2 is 1.05 bits per heavy atom. The average Bonchev–Trinajstić information content (AvgIpc) is 2.83. The third-order valence-electron chi connectivity index (χ3n) is 6.47. The topological polar surface area (TPSA) is 118 Å². The first kappa shape index (κ1) is 31.3. The van der Waals surface area contributed by atoms with Gasteiger partial charge in [-0.1, -0.05) is 90.4 Å². The molecule has 0 aliphatic carbocycles. The molecule has 2 aromatic rings. The van der Waals surface area contributed by atoms with E-state index in [0.717, 1.165) is 19.3 Å². The first-order valence-electron chi connectivity index (χ1n) is 13.5. The Morgan fingerprint density at radius 3 is 1.51 bits per heavy atom. The third-order valence-corrected chi connectivity index (χ3v) is 8.29. The number of hydrogen-bond donors (Lipinski definition) is 2. The Balaban J connectivity index is 1.76. The largest absolute Gasteiger partial charge is 0.457 e. The van der Waals surface area contributed by atoms with Crippen molar-refractivity contribution in [1.29, 1.82) is 0 Å². The molecule has 0 unspecified atom stereocenters. The first-order valence-corrected chi connectivity index (χ1v) is 16.3. The van der Waals surface area contributed by atoms with Crippen LogP contribution in [0.15, 0.2) is 52.3 Å². The van der Waals surface area contributed by atoms with Gasteiger partial charge < -0.3 is 4.74 Å². The second-order valence-electron chi connectivity index (χ2n) is 9.64. The van der Waals surface area contributed by atoms with Crippen molar-refractivity contribution in [3.05, 3.63) is 48.0 Å². The number of benzene rings is 2. The van der Waals surface area contributed by atoms with Crippen LogP contribution >= 0.6 is 0 Å². The number of aryl methyl sites for hydroxylation is 1. The predicted octanol–water partition coefficient (Wildman–Crippen LogP) is 8.00. The molecule has 0 aliphatic rings. The monoisotopic (exact) mass is 554 g/mol. The van der Waals surface area contributed by atoms with Gasteiger partial charge in [-0.2, -0.15) is 16.8 Å². The fraction of sp³-hybridized carbons (Fsp3) is 0.571. The van der Waals surface area contributed by atoms with Crippen LogP contribution < -0.4 is 4.74 Å². The van der Waals surface area contributed by atoms with Crippen molar-refractivity contribution in [3.63, 3.8) is 0 Å². The van der Waals surface area contributed by atoms with Gasteiger partial charge in [-0.15, -0.1) is 0 Å². The molecule has 0 saturated carbocycles. The van der Waals surface area contributed by atoms with Gasteiger partial charge in [-0.05, 0) is 60.9 Å². The molecule has 0 heterocycles. The quantitative estimate of drug-likeness (QED) is 0.133. The van der Waals surface area contributed by atoms with Crippen molar-refractivity contribution in [2.24, 2.45) is 0 Å². The number of hydrogen-bond acceptors (Lipinski definition) is 5. The van der Waals surface area contributed by atoms with E-state index < -0.39 is 20.2 Å². The van der Waals surface area contributed by atoms with Gasteiger partial charge >= 0.3 is 0 Å². The maximum absolute atomic E-state index is 11.8. The summed E-state index contributed by atoms with van der Waals surface area (Å²) in [7, 11) is -8.66. The van der Waals surface area contributed by atoms with Crippen LogP contribution in [0.2, 0.25) is 0 Å². The van der Waals surface area contributed by atoms with E-state index in [1.54, 1.807) is 6.07 Å². The Labute approximate surface area is 223 Å². The maximum Gasteiger partial charge on any atom is 0.294 e. The molecule has 0 amide bonds. The SMILES string of the molecule is CCCCCCCCCCCCCCCCc1cc(Oc2ccc(S(=O)(=O)O)cc2)ccc1S(=O)(=O)O. The van der Waals surface area contributed by atoms with Gasteiger partial charge in [0.05, 0.1) is 9.79 Å². The highest BCUT2D eigenvalue weighted by molar-refractivity contribution is 7.86. The molecule has 2 aromatic carbocycles. The van der Waals surface area contributed by atoms with Gasteiger partial charge in [0.25, 0.3) is 20.2 Å². The normalized spacial score (nSPS) is 12.1. The molecule has 2 rings (SSSR count). The Morgan fingerprint density at radius 1 is 0.595 bits per heavy atom. The van der Waals surface area contributed by atoms with Crippen molar-refractivity contribution in [1.82, 2.24) is 0 Å². The zero-order valence-electron chi connectivity index (χ0n) is 21.9. The molecule has 0 spiro atoms. The maximum atomic E-state index is 11.8.